The number of guanidine groups is 1. The summed E-state index contributed by atoms with van der Waals surface area (Å²) in [5, 5.41) is 7.42. The third kappa shape index (κ3) is 6.38. The van der Waals surface area contributed by atoms with E-state index in [-0.39, 0.29) is 17.3 Å². The predicted molar refractivity (Wildman–Crippen MR) is 159 cm³/mol. The number of carboxylic acid groups (broad SMARTS) is 1. The van der Waals surface area contributed by atoms with Crippen LogP contribution in [0.1, 0.15) is 37.8 Å². The Hall–Kier alpha value is -4.45. The molecule has 1 unspecified atom stereocenters. The van der Waals surface area contributed by atoms with Crippen LogP contribution < -0.4 is 14.7 Å². The maximum absolute atomic E-state index is 14.1. The fourth-order valence-corrected chi connectivity index (χ4v) is 5.91. The second kappa shape index (κ2) is 12.6. The fourth-order valence-electron chi connectivity index (χ4n) is 4.93. The molecule has 0 spiro atoms. The highest BCUT2D eigenvalue weighted by atomic mass is 32.2. The van der Waals surface area contributed by atoms with Gasteiger partial charge in [-0.25, -0.2) is 9.38 Å². The summed E-state index contributed by atoms with van der Waals surface area (Å²) in [7, 11) is -2.24. The Morgan fingerprint density at radius 2 is 1.79 bits per heavy atom. The first-order valence-corrected chi connectivity index (χ1v) is 14.9. The average Bonchev–Trinajstić information content (AvgIpc) is 3.26. The van der Waals surface area contributed by atoms with E-state index in [1.165, 1.54) is 13.2 Å². The zero-order chi connectivity index (χ0) is 30.5. The summed E-state index contributed by atoms with van der Waals surface area (Å²) in [6.45, 7) is 4.20. The molecule has 0 fully saturated rings. The van der Waals surface area contributed by atoms with Crippen molar-refractivity contribution in [3.8, 4) is 22.6 Å². The molecule has 10 nitrogen and oxygen atoms in total. The summed E-state index contributed by atoms with van der Waals surface area (Å²) in [5.41, 5.74) is 8.57. The molecule has 42 heavy (non-hydrogen) atoms. The lowest BCUT2D eigenvalue weighted by molar-refractivity contribution is -0.134. The van der Waals surface area contributed by atoms with Crippen molar-refractivity contribution in [2.75, 3.05) is 26.0 Å². The number of rotatable bonds is 8. The number of aliphatic imine (C=N–C) groups is 2. The van der Waals surface area contributed by atoms with Gasteiger partial charge in [-0.05, 0) is 65.4 Å². The molecule has 12 heteroatoms. The molecule has 2 aliphatic rings. The maximum atomic E-state index is 14.1. The van der Waals surface area contributed by atoms with Gasteiger partial charge in [0.15, 0.2) is 23.1 Å². The number of nitrogens with two attached hydrogens (primary N) is 1. The molecule has 0 saturated carbocycles. The zero-order valence-corrected chi connectivity index (χ0v) is 24.4. The van der Waals surface area contributed by atoms with Gasteiger partial charge in [-0.15, -0.1) is 0 Å². The lowest BCUT2D eigenvalue weighted by Crippen LogP contribution is -2.46. The lowest BCUT2D eigenvalue weighted by Gasteiger charge is -2.33. The molecule has 0 aromatic heterocycles. The fraction of sp³-hybridized carbons (Fsp3) is 0.300. The van der Waals surface area contributed by atoms with Gasteiger partial charge < -0.3 is 19.8 Å². The number of fused-ring (bicyclic) bond motifs is 1. The largest absolute Gasteiger partial charge is 0.494 e. The molecule has 0 saturated heterocycles. The van der Waals surface area contributed by atoms with Gasteiger partial charge in [0.2, 0.25) is 0 Å². The monoisotopic (exact) mass is 596 g/mol. The van der Waals surface area contributed by atoms with Crippen molar-refractivity contribution < 1.29 is 31.6 Å². The molecule has 2 heterocycles. The van der Waals surface area contributed by atoms with Crippen LogP contribution in [0, 0.1) is 5.82 Å². The van der Waals surface area contributed by atoms with Crippen LogP contribution in [0.15, 0.2) is 76.7 Å². The van der Waals surface area contributed by atoms with Crippen LogP contribution in [-0.4, -0.2) is 62.1 Å². The van der Waals surface area contributed by atoms with E-state index in [0.29, 0.717) is 31.3 Å². The van der Waals surface area contributed by atoms with E-state index in [4.69, 9.17) is 34.5 Å². The Kier molecular flexibility index (Phi) is 9.15. The van der Waals surface area contributed by atoms with Crippen molar-refractivity contribution in [1.82, 2.24) is 4.90 Å². The van der Waals surface area contributed by atoms with Crippen molar-refractivity contribution in [3.05, 3.63) is 83.7 Å². The first-order valence-electron chi connectivity index (χ1n) is 13.3. The standard InChI is InChI=1S/C28H29FN4O4S.C2H4O2/c1-3-16-38(34,35)37-23-11-9-21(10-12-23)28(26-31-14-5-15-33(26)27(30)32-28)22-7-4-6-19(17-22)20-8-13-24(29)25(18-20)36-2;1-2(3)4/h4,6-13,17-18H,3,5,14-16H2,1-2H3,(H2,30,32);1H3,(H,3,4). The van der Waals surface area contributed by atoms with Gasteiger partial charge in [0.1, 0.15) is 11.6 Å². The number of ether oxygens (including phenoxy) is 1. The average molecular weight is 597 g/mol. The number of carboxylic acids is 1. The topological polar surface area (TPSA) is 144 Å². The highest BCUT2D eigenvalue weighted by Crippen LogP contribution is 2.43. The Balaban J connectivity index is 0.000000952. The van der Waals surface area contributed by atoms with Crippen molar-refractivity contribution in [2.45, 2.75) is 32.2 Å². The smallest absolute Gasteiger partial charge is 0.309 e. The number of nitrogens with zero attached hydrogens (tertiary/aromatic N) is 3. The second-order valence-electron chi connectivity index (χ2n) is 9.71. The number of hydrogen-bond acceptors (Lipinski definition) is 9. The number of hydrogen-bond donors (Lipinski definition) is 2. The van der Waals surface area contributed by atoms with Crippen LogP contribution in [0.4, 0.5) is 4.39 Å². The van der Waals surface area contributed by atoms with Crippen LogP contribution in [0.5, 0.6) is 11.5 Å². The molecule has 1 atom stereocenters. The third-order valence-corrected chi connectivity index (χ3v) is 8.01. The Morgan fingerprint density at radius 1 is 1.10 bits per heavy atom. The number of carbonyl (C=O) groups is 1. The van der Waals surface area contributed by atoms with Crippen LogP contribution in [0.2, 0.25) is 0 Å². The highest BCUT2D eigenvalue weighted by molar-refractivity contribution is 7.87. The molecule has 2 aliphatic heterocycles. The van der Waals surface area contributed by atoms with Crippen molar-refractivity contribution in [3.63, 3.8) is 0 Å². The van der Waals surface area contributed by atoms with Crippen molar-refractivity contribution in [1.29, 1.82) is 0 Å². The summed E-state index contributed by atoms with van der Waals surface area (Å²) < 4.78 is 48.9. The van der Waals surface area contributed by atoms with E-state index in [1.54, 1.807) is 43.3 Å². The molecule has 222 valence electrons. The van der Waals surface area contributed by atoms with Gasteiger partial charge in [0, 0.05) is 20.0 Å². The summed E-state index contributed by atoms with van der Waals surface area (Å²) in [4.78, 5) is 20.7. The summed E-state index contributed by atoms with van der Waals surface area (Å²) in [6, 6.07) is 19.3. The van der Waals surface area contributed by atoms with Gasteiger partial charge in [0.05, 0.1) is 12.9 Å². The lowest BCUT2D eigenvalue weighted by atomic mass is 9.81. The third-order valence-electron chi connectivity index (χ3n) is 6.65. The normalized spacial score (nSPS) is 17.8. The van der Waals surface area contributed by atoms with Gasteiger partial charge in [-0.2, -0.15) is 8.42 Å². The molecule has 0 amide bonds. The molecule has 0 aliphatic carbocycles. The number of amidine groups is 1. The van der Waals surface area contributed by atoms with Crippen molar-refractivity contribution in [2.24, 2.45) is 15.7 Å². The molecular weight excluding hydrogens is 563 g/mol. The number of halogens is 1. The van der Waals surface area contributed by atoms with Gasteiger partial charge in [-0.1, -0.05) is 43.3 Å². The van der Waals surface area contributed by atoms with E-state index in [0.717, 1.165) is 35.6 Å². The summed E-state index contributed by atoms with van der Waals surface area (Å²) in [6.07, 6.45) is 1.32. The number of benzene rings is 3. The van der Waals surface area contributed by atoms with Crippen LogP contribution >= 0.6 is 0 Å². The molecule has 3 N–H and O–H groups in total. The van der Waals surface area contributed by atoms with Crippen LogP contribution in [0.3, 0.4) is 0 Å². The van der Waals surface area contributed by atoms with Crippen molar-refractivity contribution >= 4 is 27.9 Å². The van der Waals surface area contributed by atoms with Gasteiger partial charge in [0.25, 0.3) is 5.97 Å². The van der Waals surface area contributed by atoms with E-state index < -0.39 is 27.4 Å². The number of methoxy groups -OCH3 is 1. The minimum Gasteiger partial charge on any atom is -0.494 e. The molecular formula is C30H33FN4O6S. The predicted octanol–water partition coefficient (Wildman–Crippen LogP) is 4.39. The Morgan fingerprint density at radius 3 is 2.45 bits per heavy atom. The van der Waals surface area contributed by atoms with Crippen LogP contribution in [0.25, 0.3) is 11.1 Å². The van der Waals surface area contributed by atoms with E-state index in [9.17, 15) is 12.8 Å². The van der Waals surface area contributed by atoms with Crippen LogP contribution in [-0.2, 0) is 20.5 Å². The quantitative estimate of drug-likeness (QED) is 0.365. The summed E-state index contributed by atoms with van der Waals surface area (Å²) in [5.74, 6) is 0.119. The highest BCUT2D eigenvalue weighted by Gasteiger charge is 2.49. The Bertz CT molecular complexity index is 1620. The van der Waals surface area contributed by atoms with E-state index in [1.807, 2.05) is 29.2 Å². The summed E-state index contributed by atoms with van der Waals surface area (Å²) >= 11 is 0. The zero-order valence-electron chi connectivity index (χ0n) is 23.6. The second-order valence-corrected chi connectivity index (χ2v) is 11.4. The maximum Gasteiger partial charge on any atom is 0.309 e. The first-order chi connectivity index (χ1) is 20.0. The molecule has 3 aromatic carbocycles. The minimum atomic E-state index is -3.67. The van der Waals surface area contributed by atoms with E-state index in [2.05, 4.69) is 0 Å². The van der Waals surface area contributed by atoms with E-state index >= 15 is 0 Å². The first kappa shape index (κ1) is 30.5. The molecule has 5 rings (SSSR count). The van der Waals surface area contributed by atoms with Gasteiger partial charge >= 0.3 is 10.1 Å². The molecule has 3 aromatic rings. The molecule has 0 bridgehead atoms. The SMILES string of the molecule is CC(=O)O.CCCS(=O)(=O)Oc1ccc(C2(c3cccc(-c4ccc(F)c(OC)c4)c3)N=C(N)N3CCCN=C32)cc1. The minimum absolute atomic E-state index is 0.0632. The van der Waals surface area contributed by atoms with Gasteiger partial charge in [-0.3, -0.25) is 14.7 Å². The Labute approximate surface area is 244 Å². The molecule has 0 radical (unpaired) electrons. The number of aliphatic carboxylic acids is 1.